The topological polar surface area (TPSA) is 454 Å². The maximum absolute atomic E-state index is 10.4. The van der Waals surface area contributed by atoms with Gasteiger partial charge in [-0.2, -0.15) is 32.6 Å². The van der Waals surface area contributed by atoms with Crippen molar-refractivity contribution in [1.29, 1.82) is 0 Å². The van der Waals surface area contributed by atoms with Crippen LogP contribution in [-0.2, 0) is 54.4 Å². The quantitative estimate of drug-likeness (QED) is 0.0325. The second-order valence-corrected chi connectivity index (χ2v) is 14.2. The summed E-state index contributed by atoms with van der Waals surface area (Å²) in [5, 5.41) is 36.3. The summed E-state index contributed by atoms with van der Waals surface area (Å²) in [6.07, 6.45) is 20.6. The van der Waals surface area contributed by atoms with E-state index in [9.17, 15) is 13.7 Å². The molecule has 5 heterocycles. The first kappa shape index (κ1) is 51.8. The number of phosphoric acid groups is 3. The van der Waals surface area contributed by atoms with Gasteiger partial charge in [0.1, 0.15) is 0 Å². The van der Waals surface area contributed by atoms with E-state index in [4.69, 9.17) is 53.7 Å². The molecule has 0 aliphatic heterocycles. The van der Waals surface area contributed by atoms with Gasteiger partial charge in [-0.15, -0.1) is 58.4 Å². The molecular formula is C25H45N20O10P3. The number of nitrogen functional groups attached to an aromatic ring is 5. The van der Waals surface area contributed by atoms with E-state index in [1.165, 1.54) is 24.0 Å². The summed E-state index contributed by atoms with van der Waals surface area (Å²) in [5.41, 5.74) is 4.20. The zero-order valence-corrected chi connectivity index (χ0v) is 33.2. The molecule has 0 amide bonds. The van der Waals surface area contributed by atoms with Crippen molar-refractivity contribution in [3.05, 3.63) is 123 Å². The second-order valence-electron chi connectivity index (χ2n) is 10.0. The molecule has 0 atom stereocenters. The number of rotatable bonds is 14. The molecule has 320 valence electrons. The van der Waals surface area contributed by atoms with Crippen molar-refractivity contribution < 1.29 is 46.8 Å². The lowest BCUT2D eigenvalue weighted by atomic mass is 10.3. The lowest BCUT2D eigenvalue weighted by molar-refractivity contribution is 0.204. The first-order chi connectivity index (χ1) is 27.0. The van der Waals surface area contributed by atoms with Crippen molar-refractivity contribution in [2.24, 2.45) is 0 Å². The number of nitrogens with zero attached hydrogens (tertiary/aromatic N) is 15. The van der Waals surface area contributed by atoms with Gasteiger partial charge in [0.05, 0.1) is 59.5 Å². The molecule has 0 unspecified atom stereocenters. The zero-order valence-electron chi connectivity index (χ0n) is 30.6. The van der Waals surface area contributed by atoms with Gasteiger partial charge in [0.2, 0.25) is 0 Å². The maximum Gasteiger partial charge on any atom is 0.490 e. The predicted molar refractivity (Wildman–Crippen MR) is 206 cm³/mol. The van der Waals surface area contributed by atoms with Gasteiger partial charge in [0.25, 0.3) is 0 Å². The fourth-order valence-electron chi connectivity index (χ4n) is 3.06. The molecule has 58 heavy (non-hydrogen) atoms. The lowest BCUT2D eigenvalue weighted by Crippen LogP contribution is -2.07. The van der Waals surface area contributed by atoms with Crippen molar-refractivity contribution in [2.45, 2.75) is 32.1 Å². The van der Waals surface area contributed by atoms with Crippen LogP contribution in [0.2, 0.25) is 0 Å². The highest BCUT2D eigenvalue weighted by Gasteiger charge is 2.38. The predicted octanol–water partition coefficient (Wildman–Crippen LogP) is -2.09. The van der Waals surface area contributed by atoms with Crippen LogP contribution in [0.5, 0.6) is 0 Å². The molecule has 0 saturated carbocycles. The largest absolute Gasteiger partial charge is 0.490 e. The Hall–Kier alpha value is -6.19. The normalized spacial score (nSPS) is 10.5. The Kier molecular flexibility index (Phi) is 23.8. The summed E-state index contributed by atoms with van der Waals surface area (Å²) >= 11 is 0. The highest BCUT2D eigenvalue weighted by Crippen LogP contribution is 2.64. The van der Waals surface area contributed by atoms with E-state index in [-0.39, 0.29) is 0 Å². The van der Waals surface area contributed by atoms with Crippen molar-refractivity contribution in [2.75, 3.05) is 29.2 Å². The molecule has 0 radical (unpaired) electrons. The van der Waals surface area contributed by atoms with Gasteiger partial charge in [0, 0.05) is 32.1 Å². The van der Waals surface area contributed by atoms with Crippen LogP contribution in [0.25, 0.3) is 0 Å². The van der Waals surface area contributed by atoms with Gasteiger partial charge in [0.15, 0.2) is 0 Å². The number of aromatic nitrogens is 15. The molecule has 15 N–H and O–H groups in total. The van der Waals surface area contributed by atoms with E-state index < -0.39 is 23.5 Å². The van der Waals surface area contributed by atoms with E-state index in [2.05, 4.69) is 93.1 Å². The molecule has 5 rings (SSSR count). The third-order valence-corrected chi connectivity index (χ3v) is 8.33. The Bertz CT molecular complexity index is 1820. The summed E-state index contributed by atoms with van der Waals surface area (Å²) in [7, 11) is -16.2. The van der Waals surface area contributed by atoms with Gasteiger partial charge >= 0.3 is 23.5 Å². The van der Waals surface area contributed by atoms with Crippen molar-refractivity contribution >= 4 is 23.5 Å². The van der Waals surface area contributed by atoms with Crippen molar-refractivity contribution in [1.82, 2.24) is 75.5 Å². The molecule has 0 aliphatic rings. The Morgan fingerprint density at radius 2 is 0.621 bits per heavy atom. The highest BCUT2D eigenvalue weighted by molar-refractivity contribution is 7.66. The molecule has 0 aromatic carbocycles. The first-order valence-electron chi connectivity index (χ1n) is 15.3. The number of hydrogen-bond donors (Lipinski definition) is 10. The fourth-order valence-corrected chi connectivity index (χ4v) is 5.60. The van der Waals surface area contributed by atoms with E-state index >= 15 is 0 Å². The monoisotopic (exact) mass is 878 g/mol. The van der Waals surface area contributed by atoms with Gasteiger partial charge in [-0.1, -0.05) is 30.4 Å². The van der Waals surface area contributed by atoms with E-state index in [1.54, 1.807) is 61.4 Å². The summed E-state index contributed by atoms with van der Waals surface area (Å²) in [5.74, 6) is 26.1. The fraction of sp³-hybridized carbons (Fsp3) is 0.200. The minimum atomic E-state index is -5.46. The Balaban J connectivity index is 0.000000675. The molecular weight excluding hydrogens is 833 g/mol. The summed E-state index contributed by atoms with van der Waals surface area (Å²) in [6, 6.07) is 0. The Labute approximate surface area is 329 Å². The zero-order chi connectivity index (χ0) is 44.4. The molecule has 0 fully saturated rings. The van der Waals surface area contributed by atoms with E-state index in [1.807, 2.05) is 0 Å². The number of hydrogen-bond acceptors (Lipinski definition) is 20. The molecule has 33 heteroatoms. The van der Waals surface area contributed by atoms with Crippen LogP contribution < -0.4 is 29.2 Å². The van der Waals surface area contributed by atoms with Gasteiger partial charge in [-0.25, -0.2) is 13.7 Å². The molecule has 5 aromatic rings. The standard InChI is InChI=1S/5C5H8N4.H5O10P3/c5*1-2-3-5-4-9(6)8-7-5;1-11(2,3)9-13(7,8)10-12(4,5)6/h5*2,4H,1,3,6H2;(H,7,8)(H2,1,2,3)(H2,4,5,6). The second kappa shape index (κ2) is 26.6. The Morgan fingerprint density at radius 3 is 0.724 bits per heavy atom. The summed E-state index contributed by atoms with van der Waals surface area (Å²) in [4.78, 5) is 46.1. The van der Waals surface area contributed by atoms with Crippen LogP contribution in [0, 0.1) is 0 Å². The van der Waals surface area contributed by atoms with Crippen molar-refractivity contribution in [3.8, 4) is 0 Å². The maximum atomic E-state index is 10.4. The molecule has 0 bridgehead atoms. The van der Waals surface area contributed by atoms with E-state index in [0.717, 1.165) is 60.6 Å². The molecule has 30 nitrogen and oxygen atoms in total. The lowest BCUT2D eigenvalue weighted by Gasteiger charge is -2.11. The van der Waals surface area contributed by atoms with E-state index in [0.29, 0.717) is 0 Å². The van der Waals surface area contributed by atoms with Gasteiger partial charge in [-0.05, 0) is 26.1 Å². The average Bonchev–Trinajstić information content (AvgIpc) is 3.94. The summed E-state index contributed by atoms with van der Waals surface area (Å²) < 4.78 is 36.4. The van der Waals surface area contributed by atoms with Gasteiger partial charge in [-0.3, -0.25) is 0 Å². The van der Waals surface area contributed by atoms with Gasteiger partial charge < -0.3 is 53.7 Å². The van der Waals surface area contributed by atoms with Crippen LogP contribution in [-0.4, -0.2) is 100.0 Å². The minimum Gasteiger partial charge on any atom is -0.322 e. The van der Waals surface area contributed by atoms with Crippen LogP contribution in [0.15, 0.2) is 94.3 Å². The van der Waals surface area contributed by atoms with Crippen LogP contribution >= 0.6 is 23.5 Å². The van der Waals surface area contributed by atoms with Crippen molar-refractivity contribution in [3.63, 3.8) is 0 Å². The highest BCUT2D eigenvalue weighted by atomic mass is 31.3. The molecule has 0 aliphatic carbocycles. The molecule has 0 spiro atoms. The number of nitrogens with two attached hydrogens (primary N) is 5. The summed E-state index contributed by atoms with van der Waals surface area (Å²) in [6.45, 7) is 17.7. The first-order valence-corrected chi connectivity index (χ1v) is 19.8. The van der Waals surface area contributed by atoms with Crippen LogP contribution in [0.4, 0.5) is 0 Å². The SMILES string of the molecule is C=CCc1cn(N)nn1.C=CCc1cn(N)nn1.C=CCc1cn(N)nn1.C=CCc1cn(N)nn1.C=CCc1cn(N)nn1.O=P(O)(O)OP(=O)(O)OP(=O)(O)O. The molecule has 5 aromatic heterocycles. The minimum absolute atomic E-state index is 0.719. The van der Waals surface area contributed by atoms with Crippen LogP contribution in [0.1, 0.15) is 28.5 Å². The smallest absolute Gasteiger partial charge is 0.322 e. The Morgan fingerprint density at radius 1 is 0.448 bits per heavy atom. The van der Waals surface area contributed by atoms with Crippen LogP contribution in [0.3, 0.4) is 0 Å². The average molecular weight is 879 g/mol. The third kappa shape index (κ3) is 27.4. The molecule has 0 saturated heterocycles. The third-order valence-electron chi connectivity index (χ3n) is 4.98. The number of allylic oxidation sites excluding steroid dienone is 5.